The molecule has 6 nitrogen and oxygen atoms in total. The second-order valence-electron chi connectivity index (χ2n) is 8.02. The van der Waals surface area contributed by atoms with Gasteiger partial charge in [0.1, 0.15) is 12.4 Å². The zero-order chi connectivity index (χ0) is 19.1. The van der Waals surface area contributed by atoms with Crippen molar-refractivity contribution in [3.63, 3.8) is 0 Å². The predicted molar refractivity (Wildman–Crippen MR) is 109 cm³/mol. The average Bonchev–Trinajstić information content (AvgIpc) is 2.93. The summed E-state index contributed by atoms with van der Waals surface area (Å²) in [6, 6.07) is 4.49. The number of likely N-dealkylation sites (tertiary alicyclic amines) is 1. The summed E-state index contributed by atoms with van der Waals surface area (Å²) in [5.41, 5.74) is 1.05. The molecule has 2 fully saturated rings. The first-order chi connectivity index (χ1) is 13.1. The maximum atomic E-state index is 12.5. The van der Waals surface area contributed by atoms with E-state index < -0.39 is 0 Å². The van der Waals surface area contributed by atoms with E-state index in [9.17, 15) is 4.79 Å². The molecule has 1 aliphatic heterocycles. The standard InChI is InChI=1S/C21H34N4O2/c1-24(2)20-11-10-18(15-22-20)23-17-7-6-13-25(14-12-17)21(26)16-27-19-8-4-3-5-9-19/h10-11,15,17,19,23H,3-9,12-14,16H2,1-2H3/t17-/m0/s1. The van der Waals surface area contributed by atoms with E-state index in [0.29, 0.717) is 12.1 Å². The lowest BCUT2D eigenvalue weighted by molar-refractivity contribution is -0.138. The number of aromatic nitrogens is 1. The molecule has 2 heterocycles. The van der Waals surface area contributed by atoms with Gasteiger partial charge in [-0.05, 0) is 44.2 Å². The number of ether oxygens (including phenoxy) is 1. The van der Waals surface area contributed by atoms with Gasteiger partial charge in [-0.3, -0.25) is 4.79 Å². The zero-order valence-corrected chi connectivity index (χ0v) is 16.8. The van der Waals surface area contributed by atoms with Crippen LogP contribution in [0.15, 0.2) is 18.3 Å². The molecule has 27 heavy (non-hydrogen) atoms. The molecule has 1 aliphatic carbocycles. The summed E-state index contributed by atoms with van der Waals surface area (Å²) in [7, 11) is 3.98. The van der Waals surface area contributed by atoms with Crippen molar-refractivity contribution in [3.8, 4) is 0 Å². The Balaban J connectivity index is 1.43. The van der Waals surface area contributed by atoms with Gasteiger partial charge in [0.05, 0.1) is 18.0 Å². The topological polar surface area (TPSA) is 57.7 Å². The van der Waals surface area contributed by atoms with Crippen LogP contribution in [0.4, 0.5) is 11.5 Å². The number of hydrogen-bond acceptors (Lipinski definition) is 5. The Labute approximate surface area is 163 Å². The third kappa shape index (κ3) is 6.09. The molecule has 0 radical (unpaired) electrons. The van der Waals surface area contributed by atoms with Gasteiger partial charge in [-0.25, -0.2) is 4.98 Å². The number of amides is 1. The van der Waals surface area contributed by atoms with Gasteiger partial charge in [-0.2, -0.15) is 0 Å². The van der Waals surface area contributed by atoms with Crippen LogP contribution < -0.4 is 10.2 Å². The van der Waals surface area contributed by atoms with E-state index in [0.717, 1.165) is 56.7 Å². The molecule has 1 N–H and O–H groups in total. The highest BCUT2D eigenvalue weighted by Gasteiger charge is 2.22. The fraction of sp³-hybridized carbons (Fsp3) is 0.714. The van der Waals surface area contributed by atoms with Crippen molar-refractivity contribution in [1.29, 1.82) is 0 Å². The van der Waals surface area contributed by atoms with Gasteiger partial charge in [0.15, 0.2) is 0 Å². The maximum absolute atomic E-state index is 12.5. The Morgan fingerprint density at radius 3 is 2.67 bits per heavy atom. The first-order valence-corrected chi connectivity index (χ1v) is 10.4. The molecule has 0 spiro atoms. The number of nitrogens with one attached hydrogen (secondary N) is 1. The normalized spacial score (nSPS) is 21.6. The molecule has 1 aromatic rings. The molecule has 3 rings (SSSR count). The van der Waals surface area contributed by atoms with E-state index in [-0.39, 0.29) is 12.5 Å². The van der Waals surface area contributed by atoms with Crippen molar-refractivity contribution < 1.29 is 9.53 Å². The van der Waals surface area contributed by atoms with Crippen LogP contribution in [-0.4, -0.2) is 61.7 Å². The van der Waals surface area contributed by atoms with Gasteiger partial charge < -0.3 is 19.9 Å². The van der Waals surface area contributed by atoms with Crippen LogP contribution in [0.2, 0.25) is 0 Å². The minimum Gasteiger partial charge on any atom is -0.381 e. The van der Waals surface area contributed by atoms with Crippen LogP contribution in [0, 0.1) is 0 Å². The number of rotatable bonds is 6. The fourth-order valence-corrected chi connectivity index (χ4v) is 3.97. The van der Waals surface area contributed by atoms with E-state index in [1.54, 1.807) is 0 Å². The Morgan fingerprint density at radius 2 is 1.96 bits per heavy atom. The first-order valence-electron chi connectivity index (χ1n) is 10.4. The summed E-state index contributed by atoms with van der Waals surface area (Å²) in [4.78, 5) is 21.0. The summed E-state index contributed by atoms with van der Waals surface area (Å²) < 4.78 is 5.87. The molecule has 1 amide bonds. The van der Waals surface area contributed by atoms with Crippen LogP contribution in [0.3, 0.4) is 0 Å². The van der Waals surface area contributed by atoms with Gasteiger partial charge in [-0.1, -0.05) is 19.3 Å². The maximum Gasteiger partial charge on any atom is 0.248 e. The zero-order valence-electron chi connectivity index (χ0n) is 16.8. The average molecular weight is 375 g/mol. The first kappa shape index (κ1) is 19.9. The minimum absolute atomic E-state index is 0.151. The second-order valence-corrected chi connectivity index (χ2v) is 8.02. The highest BCUT2D eigenvalue weighted by molar-refractivity contribution is 5.77. The number of nitrogens with zero attached hydrogens (tertiary/aromatic N) is 3. The van der Waals surface area contributed by atoms with Crippen LogP contribution in [0.25, 0.3) is 0 Å². The molecule has 2 aliphatic rings. The molecule has 1 aromatic heterocycles. The van der Waals surface area contributed by atoms with E-state index in [1.807, 2.05) is 36.2 Å². The fourth-order valence-electron chi connectivity index (χ4n) is 3.97. The van der Waals surface area contributed by atoms with E-state index in [4.69, 9.17) is 4.74 Å². The van der Waals surface area contributed by atoms with E-state index in [2.05, 4.69) is 16.4 Å². The van der Waals surface area contributed by atoms with Crippen LogP contribution in [-0.2, 0) is 9.53 Å². The summed E-state index contributed by atoms with van der Waals surface area (Å²) in [6.07, 6.45) is 11.2. The molecule has 0 unspecified atom stereocenters. The molecule has 1 saturated heterocycles. The highest BCUT2D eigenvalue weighted by Crippen LogP contribution is 2.21. The van der Waals surface area contributed by atoms with Gasteiger partial charge >= 0.3 is 0 Å². The Bertz CT molecular complexity index is 584. The summed E-state index contributed by atoms with van der Waals surface area (Å²) in [5.74, 6) is 1.11. The number of carbonyl (C=O) groups is 1. The quantitative estimate of drug-likeness (QED) is 0.828. The number of carbonyl (C=O) groups excluding carboxylic acids is 1. The lowest BCUT2D eigenvalue weighted by Crippen LogP contribution is -2.36. The number of hydrogen-bond donors (Lipinski definition) is 1. The second kappa shape index (κ2) is 9.93. The number of pyridine rings is 1. The lowest BCUT2D eigenvalue weighted by atomic mass is 9.98. The molecule has 0 bridgehead atoms. The highest BCUT2D eigenvalue weighted by atomic mass is 16.5. The van der Waals surface area contributed by atoms with Crippen molar-refractivity contribution >= 4 is 17.4 Å². The lowest BCUT2D eigenvalue weighted by Gasteiger charge is -2.25. The number of anilines is 2. The Hall–Kier alpha value is -1.82. The predicted octanol–water partition coefficient (Wildman–Crippen LogP) is 3.29. The Kier molecular flexibility index (Phi) is 7.33. The summed E-state index contributed by atoms with van der Waals surface area (Å²) >= 11 is 0. The van der Waals surface area contributed by atoms with Crippen LogP contribution in [0.1, 0.15) is 51.4 Å². The van der Waals surface area contributed by atoms with Crippen molar-refractivity contribution in [2.45, 2.75) is 63.5 Å². The molecular formula is C21H34N4O2. The van der Waals surface area contributed by atoms with Gasteiger partial charge in [0.2, 0.25) is 5.91 Å². The van der Waals surface area contributed by atoms with Gasteiger partial charge in [-0.15, -0.1) is 0 Å². The van der Waals surface area contributed by atoms with Crippen LogP contribution in [0.5, 0.6) is 0 Å². The van der Waals surface area contributed by atoms with Gasteiger partial charge in [0.25, 0.3) is 0 Å². The third-order valence-electron chi connectivity index (χ3n) is 5.65. The van der Waals surface area contributed by atoms with Crippen molar-refractivity contribution in [2.75, 3.05) is 44.0 Å². The van der Waals surface area contributed by atoms with Crippen molar-refractivity contribution in [3.05, 3.63) is 18.3 Å². The van der Waals surface area contributed by atoms with Crippen molar-refractivity contribution in [1.82, 2.24) is 9.88 Å². The molecular weight excluding hydrogens is 340 g/mol. The molecule has 0 aromatic carbocycles. The van der Waals surface area contributed by atoms with E-state index in [1.165, 1.54) is 19.3 Å². The summed E-state index contributed by atoms with van der Waals surface area (Å²) in [5, 5.41) is 3.58. The van der Waals surface area contributed by atoms with Crippen LogP contribution >= 0.6 is 0 Å². The molecule has 1 atom stereocenters. The van der Waals surface area contributed by atoms with Gasteiger partial charge in [0, 0.05) is 33.2 Å². The third-order valence-corrected chi connectivity index (χ3v) is 5.65. The Morgan fingerprint density at radius 1 is 1.15 bits per heavy atom. The van der Waals surface area contributed by atoms with E-state index >= 15 is 0 Å². The minimum atomic E-state index is 0.151. The largest absolute Gasteiger partial charge is 0.381 e. The smallest absolute Gasteiger partial charge is 0.248 e. The monoisotopic (exact) mass is 374 g/mol. The molecule has 1 saturated carbocycles. The molecule has 150 valence electrons. The SMILES string of the molecule is CN(C)c1ccc(N[C@H]2CCCN(C(=O)COC3CCCCC3)CC2)cn1. The van der Waals surface area contributed by atoms with Crippen molar-refractivity contribution in [2.24, 2.45) is 0 Å². The molecule has 6 heteroatoms. The summed E-state index contributed by atoms with van der Waals surface area (Å²) in [6.45, 7) is 1.88.